The van der Waals surface area contributed by atoms with Crippen LogP contribution in [0.4, 0.5) is 0 Å². The smallest absolute Gasteiger partial charge is 0.0175 e. The van der Waals surface area contributed by atoms with E-state index in [1.807, 2.05) is 0 Å². The van der Waals surface area contributed by atoms with Crippen LogP contribution in [0.2, 0.25) is 0 Å². The highest BCUT2D eigenvalue weighted by Gasteiger charge is 2.06. The van der Waals surface area contributed by atoms with Gasteiger partial charge in [0.25, 0.3) is 0 Å². The van der Waals surface area contributed by atoms with E-state index in [1.165, 1.54) is 50.1 Å². The number of hydrogen-bond acceptors (Lipinski definition) is 0. The summed E-state index contributed by atoms with van der Waals surface area (Å²) in [6.07, 6.45) is 0. The predicted molar refractivity (Wildman–Crippen MR) is 117 cm³/mol. The van der Waals surface area contributed by atoms with E-state index in [0.29, 0.717) is 0 Å². The number of rotatable bonds is 3. The zero-order valence-corrected chi connectivity index (χ0v) is 16.2. The first-order valence-electron chi connectivity index (χ1n) is 9.45. The summed E-state index contributed by atoms with van der Waals surface area (Å²) >= 11 is 0. The predicted octanol–water partition coefficient (Wildman–Crippen LogP) is 7.61. The Morgan fingerprint density at radius 3 is 1.44 bits per heavy atom. The molecule has 0 heterocycles. The molecule has 0 fully saturated rings. The van der Waals surface area contributed by atoms with Crippen LogP contribution in [-0.2, 0) is 0 Å². The molecule has 27 heavy (non-hydrogen) atoms. The molecule has 0 aliphatic rings. The maximum Gasteiger partial charge on any atom is -0.0175 e. The lowest BCUT2D eigenvalue weighted by Crippen LogP contribution is -1.86. The van der Waals surface area contributed by atoms with Crippen molar-refractivity contribution in [3.05, 3.63) is 108 Å². The molecule has 0 N–H and O–H groups in total. The zero-order chi connectivity index (χ0) is 18.8. The third-order valence-electron chi connectivity index (χ3n) is 5.01. The molecule has 4 rings (SSSR count). The first kappa shape index (κ1) is 17.3. The van der Waals surface area contributed by atoms with Gasteiger partial charge in [-0.15, -0.1) is 0 Å². The van der Waals surface area contributed by atoms with Crippen molar-refractivity contribution in [2.75, 3.05) is 0 Å². The van der Waals surface area contributed by atoms with Gasteiger partial charge in [0.15, 0.2) is 0 Å². The molecule has 0 aromatic heterocycles. The summed E-state index contributed by atoms with van der Waals surface area (Å²) in [5.41, 5.74) is 11.4. The third kappa shape index (κ3) is 3.85. The maximum absolute atomic E-state index is 2.30. The van der Waals surface area contributed by atoms with Gasteiger partial charge in [-0.05, 0) is 71.8 Å². The minimum absolute atomic E-state index is 1.26. The van der Waals surface area contributed by atoms with E-state index < -0.39 is 0 Å². The average molecular weight is 348 g/mol. The highest BCUT2D eigenvalue weighted by Crippen LogP contribution is 2.31. The molecule has 0 aliphatic carbocycles. The van der Waals surface area contributed by atoms with Crippen molar-refractivity contribution in [1.82, 2.24) is 0 Å². The molecular formula is C27H24. The Bertz CT molecular complexity index is 1090. The molecule has 0 heteroatoms. The molecule has 132 valence electrons. The topological polar surface area (TPSA) is 0 Å². The van der Waals surface area contributed by atoms with Gasteiger partial charge in [0.2, 0.25) is 0 Å². The SMILES string of the molecule is Cc1ccc(-c2cccc(-c3cc(C)cc(-c4cccc(C)c4)c3)c2)cc1. The van der Waals surface area contributed by atoms with E-state index in [4.69, 9.17) is 0 Å². The second kappa shape index (κ2) is 7.25. The molecule has 0 atom stereocenters. The highest BCUT2D eigenvalue weighted by molar-refractivity contribution is 5.77. The Kier molecular flexibility index (Phi) is 4.64. The summed E-state index contributed by atoms with van der Waals surface area (Å²) in [5, 5.41) is 0. The molecule has 0 saturated heterocycles. The third-order valence-corrected chi connectivity index (χ3v) is 5.01. The standard InChI is InChI=1S/C27H24/c1-19-10-12-22(13-11-19)24-8-5-9-25(17-24)27-16-21(3)15-26(18-27)23-7-4-6-20(2)14-23/h4-18H,1-3H3. The number of benzene rings is 4. The first-order valence-corrected chi connectivity index (χ1v) is 9.45. The summed E-state index contributed by atoms with van der Waals surface area (Å²) in [6.45, 7) is 6.44. The molecule has 0 spiro atoms. The molecule has 0 saturated carbocycles. The van der Waals surface area contributed by atoms with E-state index in [2.05, 4.69) is 112 Å². The fourth-order valence-electron chi connectivity index (χ4n) is 3.57. The van der Waals surface area contributed by atoms with Gasteiger partial charge < -0.3 is 0 Å². The summed E-state index contributed by atoms with van der Waals surface area (Å²) in [7, 11) is 0. The second-order valence-corrected chi connectivity index (χ2v) is 7.40. The van der Waals surface area contributed by atoms with Gasteiger partial charge in [0, 0.05) is 0 Å². The molecule has 4 aromatic rings. The van der Waals surface area contributed by atoms with Crippen LogP contribution in [0, 0.1) is 20.8 Å². The average Bonchev–Trinajstić information content (AvgIpc) is 2.68. The largest absolute Gasteiger partial charge is 0.0614 e. The van der Waals surface area contributed by atoms with Crippen molar-refractivity contribution < 1.29 is 0 Å². The van der Waals surface area contributed by atoms with Gasteiger partial charge in [-0.1, -0.05) is 90.0 Å². The van der Waals surface area contributed by atoms with Gasteiger partial charge in [-0.2, -0.15) is 0 Å². The van der Waals surface area contributed by atoms with Crippen LogP contribution in [0.5, 0.6) is 0 Å². The molecule has 0 bridgehead atoms. The molecule has 0 amide bonds. The normalized spacial score (nSPS) is 10.8. The molecule has 4 aromatic carbocycles. The van der Waals surface area contributed by atoms with Gasteiger partial charge >= 0.3 is 0 Å². The van der Waals surface area contributed by atoms with Crippen LogP contribution in [0.15, 0.2) is 91.0 Å². The van der Waals surface area contributed by atoms with Crippen LogP contribution in [-0.4, -0.2) is 0 Å². The Morgan fingerprint density at radius 2 is 0.815 bits per heavy atom. The van der Waals surface area contributed by atoms with Crippen LogP contribution >= 0.6 is 0 Å². The Hall–Kier alpha value is -3.12. The van der Waals surface area contributed by atoms with Crippen LogP contribution < -0.4 is 0 Å². The summed E-state index contributed by atoms with van der Waals surface area (Å²) in [5.74, 6) is 0. The fraction of sp³-hybridized carbons (Fsp3) is 0.111. The maximum atomic E-state index is 2.30. The molecule has 0 unspecified atom stereocenters. The molecule has 0 aliphatic heterocycles. The zero-order valence-electron chi connectivity index (χ0n) is 16.2. The fourth-order valence-corrected chi connectivity index (χ4v) is 3.57. The van der Waals surface area contributed by atoms with Crippen LogP contribution in [0.1, 0.15) is 16.7 Å². The Balaban J connectivity index is 1.77. The lowest BCUT2D eigenvalue weighted by molar-refractivity contribution is 1.43. The first-order chi connectivity index (χ1) is 13.1. The lowest BCUT2D eigenvalue weighted by Gasteiger charge is -2.11. The van der Waals surface area contributed by atoms with E-state index in [-0.39, 0.29) is 0 Å². The van der Waals surface area contributed by atoms with Crippen LogP contribution in [0.3, 0.4) is 0 Å². The van der Waals surface area contributed by atoms with Crippen molar-refractivity contribution >= 4 is 0 Å². The molecule has 0 nitrogen and oxygen atoms in total. The molecular weight excluding hydrogens is 324 g/mol. The second-order valence-electron chi connectivity index (χ2n) is 7.40. The van der Waals surface area contributed by atoms with Crippen molar-refractivity contribution in [3.8, 4) is 33.4 Å². The molecule has 0 radical (unpaired) electrons. The number of aryl methyl sites for hydroxylation is 3. The summed E-state index contributed by atoms with van der Waals surface area (Å²) < 4.78 is 0. The summed E-state index contributed by atoms with van der Waals surface area (Å²) in [6, 6.07) is 33.1. The van der Waals surface area contributed by atoms with Gasteiger partial charge in [-0.25, -0.2) is 0 Å². The van der Waals surface area contributed by atoms with Crippen molar-refractivity contribution in [2.24, 2.45) is 0 Å². The lowest BCUT2D eigenvalue weighted by atomic mass is 9.94. The Morgan fingerprint density at radius 1 is 0.333 bits per heavy atom. The van der Waals surface area contributed by atoms with Crippen LogP contribution in [0.25, 0.3) is 33.4 Å². The van der Waals surface area contributed by atoms with Gasteiger partial charge in [0.1, 0.15) is 0 Å². The van der Waals surface area contributed by atoms with E-state index in [1.54, 1.807) is 0 Å². The summed E-state index contributed by atoms with van der Waals surface area (Å²) in [4.78, 5) is 0. The van der Waals surface area contributed by atoms with E-state index >= 15 is 0 Å². The Labute approximate surface area is 162 Å². The van der Waals surface area contributed by atoms with Crippen molar-refractivity contribution in [3.63, 3.8) is 0 Å². The highest BCUT2D eigenvalue weighted by atomic mass is 14.1. The number of hydrogen-bond donors (Lipinski definition) is 0. The monoisotopic (exact) mass is 348 g/mol. The van der Waals surface area contributed by atoms with E-state index in [9.17, 15) is 0 Å². The van der Waals surface area contributed by atoms with Gasteiger partial charge in [-0.3, -0.25) is 0 Å². The van der Waals surface area contributed by atoms with Crippen molar-refractivity contribution in [1.29, 1.82) is 0 Å². The minimum Gasteiger partial charge on any atom is -0.0614 e. The quantitative estimate of drug-likeness (QED) is 0.357. The van der Waals surface area contributed by atoms with Gasteiger partial charge in [0.05, 0.1) is 0 Å². The van der Waals surface area contributed by atoms with Crippen molar-refractivity contribution in [2.45, 2.75) is 20.8 Å². The van der Waals surface area contributed by atoms with E-state index in [0.717, 1.165) is 0 Å². The minimum atomic E-state index is 1.26.